The van der Waals surface area contributed by atoms with Gasteiger partial charge in [-0.2, -0.15) is 0 Å². The first kappa shape index (κ1) is 12.6. The maximum atomic E-state index is 8.45. The summed E-state index contributed by atoms with van der Waals surface area (Å²) in [6.45, 7) is 1.43. The molecule has 1 unspecified atom stereocenters. The number of rotatable bonds is 3. The Kier molecular flexibility index (Phi) is 9.80. The second-order valence-electron chi connectivity index (χ2n) is 1.51. The molecule has 0 aliphatic rings. The van der Waals surface area contributed by atoms with Crippen LogP contribution in [0.3, 0.4) is 0 Å². The van der Waals surface area contributed by atoms with Crippen molar-refractivity contribution in [1.82, 2.24) is 0 Å². The van der Waals surface area contributed by atoms with Crippen molar-refractivity contribution in [3.63, 3.8) is 0 Å². The topological polar surface area (TPSA) is 69.9 Å². The smallest absolute Gasteiger partial charge is 1.00 e. The minimum absolute atomic E-state index is 0. The standard InChI is InChI=1S/C3H9BO4.Na.H/c1-3(5)2-8-4(6)7;;/h3,5-7H,2H2,1H3;;/q;+1;-1. The summed E-state index contributed by atoms with van der Waals surface area (Å²) >= 11 is 0. The molecule has 0 aromatic heterocycles. The van der Waals surface area contributed by atoms with Crippen LogP contribution in [0, 0.1) is 0 Å². The minimum Gasteiger partial charge on any atom is -1.00 e. The summed E-state index contributed by atoms with van der Waals surface area (Å²) in [5.41, 5.74) is 0. The zero-order valence-electron chi connectivity index (χ0n) is 6.61. The van der Waals surface area contributed by atoms with E-state index < -0.39 is 13.4 Å². The molecule has 9 heavy (non-hydrogen) atoms. The minimum atomic E-state index is -1.77. The van der Waals surface area contributed by atoms with Crippen LogP contribution in [0.4, 0.5) is 0 Å². The molecule has 0 rings (SSSR count). The predicted molar refractivity (Wildman–Crippen MR) is 28.9 cm³/mol. The van der Waals surface area contributed by atoms with E-state index in [2.05, 4.69) is 4.65 Å². The van der Waals surface area contributed by atoms with Gasteiger partial charge in [0.05, 0.1) is 12.7 Å². The first-order valence-electron chi connectivity index (χ1n) is 2.28. The van der Waals surface area contributed by atoms with Crippen LogP contribution in [0.1, 0.15) is 8.35 Å². The van der Waals surface area contributed by atoms with Crippen molar-refractivity contribution in [2.45, 2.75) is 13.0 Å². The molecular weight excluding hydrogens is 134 g/mol. The molecule has 0 aliphatic carbocycles. The SMILES string of the molecule is CC(O)COB(O)O.[H-].[Na+]. The first-order chi connectivity index (χ1) is 3.63. The van der Waals surface area contributed by atoms with Gasteiger partial charge in [-0.3, -0.25) is 0 Å². The van der Waals surface area contributed by atoms with Crippen molar-refractivity contribution >= 4 is 7.32 Å². The fourth-order valence-corrected chi connectivity index (χ4v) is 0.225. The van der Waals surface area contributed by atoms with Gasteiger partial charge in [-0.15, -0.1) is 0 Å². The zero-order chi connectivity index (χ0) is 6.57. The molecule has 0 spiro atoms. The number of aliphatic hydroxyl groups excluding tert-OH is 1. The van der Waals surface area contributed by atoms with E-state index >= 15 is 0 Å². The van der Waals surface area contributed by atoms with Gasteiger partial charge in [0.25, 0.3) is 0 Å². The Morgan fingerprint density at radius 1 is 1.67 bits per heavy atom. The zero-order valence-corrected chi connectivity index (χ0v) is 7.61. The maximum absolute atomic E-state index is 8.45. The van der Waals surface area contributed by atoms with Gasteiger partial charge in [-0.05, 0) is 6.92 Å². The van der Waals surface area contributed by atoms with Crippen molar-refractivity contribution in [2.24, 2.45) is 0 Å². The van der Waals surface area contributed by atoms with E-state index in [4.69, 9.17) is 15.2 Å². The molecule has 3 N–H and O–H groups in total. The van der Waals surface area contributed by atoms with E-state index in [0.717, 1.165) is 0 Å². The van der Waals surface area contributed by atoms with Gasteiger partial charge in [0.15, 0.2) is 0 Å². The molecule has 0 saturated carbocycles. The van der Waals surface area contributed by atoms with E-state index in [-0.39, 0.29) is 37.6 Å². The largest absolute Gasteiger partial charge is 1.00 e. The molecule has 0 saturated heterocycles. The van der Waals surface area contributed by atoms with Crippen LogP contribution in [-0.2, 0) is 4.65 Å². The number of hydrogen-bond acceptors (Lipinski definition) is 4. The normalized spacial score (nSPS) is 12.0. The van der Waals surface area contributed by atoms with Crippen LogP contribution in [0.15, 0.2) is 0 Å². The summed E-state index contributed by atoms with van der Waals surface area (Å²) in [6, 6.07) is 0. The van der Waals surface area contributed by atoms with Gasteiger partial charge in [0.2, 0.25) is 0 Å². The van der Waals surface area contributed by atoms with Crippen LogP contribution in [0.25, 0.3) is 0 Å². The third-order valence-electron chi connectivity index (χ3n) is 0.486. The average molecular weight is 144 g/mol. The van der Waals surface area contributed by atoms with Crippen LogP contribution in [-0.4, -0.2) is 35.2 Å². The third kappa shape index (κ3) is 12.2. The average Bonchev–Trinajstić information content (AvgIpc) is 1.61. The quantitative estimate of drug-likeness (QED) is 0.349. The second-order valence-corrected chi connectivity index (χ2v) is 1.51. The summed E-state index contributed by atoms with van der Waals surface area (Å²) in [4.78, 5) is 0. The molecule has 4 nitrogen and oxygen atoms in total. The van der Waals surface area contributed by atoms with E-state index in [1.54, 1.807) is 0 Å². The molecule has 0 bridgehead atoms. The molecule has 1 atom stereocenters. The van der Waals surface area contributed by atoms with Gasteiger partial charge < -0.3 is 21.2 Å². The van der Waals surface area contributed by atoms with Crippen molar-refractivity contribution < 1.29 is 50.8 Å². The van der Waals surface area contributed by atoms with Crippen LogP contribution >= 0.6 is 0 Å². The molecule has 0 radical (unpaired) electrons. The maximum Gasteiger partial charge on any atom is 1.00 e. The Hall–Kier alpha value is 0.905. The van der Waals surface area contributed by atoms with Gasteiger partial charge >= 0.3 is 36.9 Å². The van der Waals surface area contributed by atoms with Crippen LogP contribution in [0.5, 0.6) is 0 Å². The molecule has 50 valence electrons. The summed E-state index contributed by atoms with van der Waals surface area (Å²) in [5, 5.41) is 24.5. The van der Waals surface area contributed by atoms with Crippen molar-refractivity contribution in [3.05, 3.63) is 0 Å². The first-order valence-corrected chi connectivity index (χ1v) is 2.28. The van der Waals surface area contributed by atoms with Crippen molar-refractivity contribution in [3.8, 4) is 0 Å². The van der Waals surface area contributed by atoms with Crippen molar-refractivity contribution in [1.29, 1.82) is 0 Å². The molecule has 0 heterocycles. The molecule has 0 aliphatic heterocycles. The summed E-state index contributed by atoms with van der Waals surface area (Å²) in [5.74, 6) is 0. The number of hydrogen-bond donors (Lipinski definition) is 3. The Morgan fingerprint density at radius 2 is 2.11 bits per heavy atom. The van der Waals surface area contributed by atoms with Gasteiger partial charge in [0.1, 0.15) is 0 Å². The van der Waals surface area contributed by atoms with Gasteiger partial charge in [0, 0.05) is 0 Å². The second kappa shape index (κ2) is 7.02. The molecule has 0 amide bonds. The van der Waals surface area contributed by atoms with Crippen molar-refractivity contribution in [2.75, 3.05) is 6.61 Å². The Morgan fingerprint density at radius 3 is 2.22 bits per heavy atom. The molecule has 0 fully saturated rings. The van der Waals surface area contributed by atoms with Gasteiger partial charge in [-0.25, -0.2) is 0 Å². The summed E-state index contributed by atoms with van der Waals surface area (Å²) in [7, 11) is -1.77. The molecular formula is C3H10BNaO4. The van der Waals surface area contributed by atoms with E-state index in [1.807, 2.05) is 0 Å². The Labute approximate surface area is 77.8 Å². The van der Waals surface area contributed by atoms with Crippen LogP contribution in [0.2, 0.25) is 0 Å². The van der Waals surface area contributed by atoms with E-state index in [9.17, 15) is 0 Å². The summed E-state index contributed by atoms with van der Waals surface area (Å²) < 4.78 is 4.16. The fourth-order valence-electron chi connectivity index (χ4n) is 0.225. The predicted octanol–water partition coefficient (Wildman–Crippen LogP) is -4.53. The Balaban J connectivity index is -0.000000245. The van der Waals surface area contributed by atoms with E-state index in [0.29, 0.717) is 0 Å². The monoisotopic (exact) mass is 144 g/mol. The Bertz CT molecular complexity index is 56.5. The summed E-state index contributed by atoms with van der Waals surface area (Å²) in [6.07, 6.45) is -0.656. The molecule has 6 heteroatoms. The molecule has 0 aromatic rings. The van der Waals surface area contributed by atoms with Crippen LogP contribution < -0.4 is 29.6 Å². The third-order valence-corrected chi connectivity index (χ3v) is 0.486. The van der Waals surface area contributed by atoms with Gasteiger partial charge in [-0.1, -0.05) is 0 Å². The van der Waals surface area contributed by atoms with E-state index in [1.165, 1.54) is 6.92 Å². The fraction of sp³-hybridized carbons (Fsp3) is 1.00. The molecule has 0 aromatic carbocycles. The number of aliphatic hydroxyl groups is 1.